The first-order chi connectivity index (χ1) is 17.8. The molecule has 0 atom stereocenters. The second-order valence-electron chi connectivity index (χ2n) is 10.2. The van der Waals surface area contributed by atoms with Crippen molar-refractivity contribution in [3.05, 3.63) is 88.5 Å². The Bertz CT molecular complexity index is 1470. The first-order valence-electron chi connectivity index (χ1n) is 12.6. The molecule has 0 saturated heterocycles. The molecule has 0 aromatic heterocycles. The molecule has 0 spiro atoms. The number of nitriles is 2. The molecule has 5 heteroatoms. The van der Waals surface area contributed by atoms with Crippen molar-refractivity contribution >= 4 is 10.8 Å². The number of ether oxygens (including phenoxy) is 2. The number of allylic oxidation sites excluding steroid dienone is 3. The van der Waals surface area contributed by atoms with Crippen LogP contribution in [0.1, 0.15) is 63.6 Å². The lowest BCUT2D eigenvalue weighted by Gasteiger charge is -2.27. The molecule has 4 rings (SSSR count). The van der Waals surface area contributed by atoms with E-state index < -0.39 is 11.2 Å². The lowest BCUT2D eigenvalue weighted by molar-refractivity contribution is 0.150. The van der Waals surface area contributed by atoms with Crippen molar-refractivity contribution in [1.82, 2.24) is 0 Å². The SMILES string of the molecule is CCOCCC1=CC=C(Oc2c(C(C)(C)C)c(F)cc3cc(C#N)c(C#N)c(-c4ccccc4)c23)CC1. The smallest absolute Gasteiger partial charge is 0.142 e. The molecule has 1 aliphatic rings. The Kier molecular flexibility index (Phi) is 7.77. The largest absolute Gasteiger partial charge is 0.461 e. The third kappa shape index (κ3) is 5.43. The van der Waals surface area contributed by atoms with E-state index in [1.165, 1.54) is 11.6 Å². The second kappa shape index (κ2) is 11.0. The van der Waals surface area contributed by atoms with E-state index in [1.54, 1.807) is 6.07 Å². The predicted octanol–water partition coefficient (Wildman–Crippen LogP) is 8.10. The number of halogens is 1. The summed E-state index contributed by atoms with van der Waals surface area (Å²) in [6.07, 6.45) is 6.40. The molecule has 4 nitrogen and oxygen atoms in total. The Balaban J connectivity index is 1.99. The van der Waals surface area contributed by atoms with Crippen LogP contribution >= 0.6 is 0 Å². The van der Waals surface area contributed by atoms with E-state index in [-0.39, 0.29) is 11.1 Å². The van der Waals surface area contributed by atoms with E-state index in [1.807, 2.05) is 64.1 Å². The van der Waals surface area contributed by atoms with Crippen LogP contribution in [-0.2, 0) is 10.2 Å². The molecule has 0 aliphatic heterocycles. The topological polar surface area (TPSA) is 66.0 Å². The van der Waals surface area contributed by atoms with Gasteiger partial charge in [0.2, 0.25) is 0 Å². The number of nitrogens with zero attached hydrogens (tertiary/aromatic N) is 2. The Labute approximate surface area is 218 Å². The van der Waals surface area contributed by atoms with Gasteiger partial charge in [0.1, 0.15) is 29.5 Å². The number of hydrogen-bond acceptors (Lipinski definition) is 4. The lowest BCUT2D eigenvalue weighted by Crippen LogP contribution is -2.17. The Morgan fingerprint density at radius 1 is 1.00 bits per heavy atom. The Hall–Kier alpha value is -3.93. The van der Waals surface area contributed by atoms with Crippen molar-refractivity contribution in [3.8, 4) is 29.0 Å². The molecule has 0 heterocycles. The van der Waals surface area contributed by atoms with Gasteiger partial charge in [-0.3, -0.25) is 0 Å². The van der Waals surface area contributed by atoms with Crippen molar-refractivity contribution < 1.29 is 13.9 Å². The van der Waals surface area contributed by atoms with E-state index in [9.17, 15) is 10.5 Å². The summed E-state index contributed by atoms with van der Waals surface area (Å²) in [5.74, 6) is 0.742. The van der Waals surface area contributed by atoms with Crippen LogP contribution in [0, 0.1) is 28.5 Å². The molecule has 3 aromatic carbocycles. The Morgan fingerprint density at radius 2 is 1.76 bits per heavy atom. The number of fused-ring (bicyclic) bond motifs is 1. The summed E-state index contributed by atoms with van der Waals surface area (Å²) in [6, 6.07) is 16.9. The maximum absolute atomic E-state index is 15.7. The molecule has 0 unspecified atom stereocenters. The molecule has 1 aliphatic carbocycles. The molecule has 188 valence electrons. The van der Waals surface area contributed by atoms with Crippen LogP contribution in [0.3, 0.4) is 0 Å². The average Bonchev–Trinajstić information content (AvgIpc) is 2.88. The fourth-order valence-electron chi connectivity index (χ4n) is 4.84. The van der Waals surface area contributed by atoms with Gasteiger partial charge in [0.25, 0.3) is 0 Å². The summed E-state index contributed by atoms with van der Waals surface area (Å²) in [5.41, 5.74) is 2.98. The normalized spacial score (nSPS) is 13.5. The summed E-state index contributed by atoms with van der Waals surface area (Å²) < 4.78 is 27.8. The fourth-order valence-corrected chi connectivity index (χ4v) is 4.84. The molecular formula is C32H31FN2O2. The highest BCUT2D eigenvalue weighted by molar-refractivity contribution is 6.05. The number of benzene rings is 3. The third-order valence-corrected chi connectivity index (χ3v) is 6.58. The van der Waals surface area contributed by atoms with Gasteiger partial charge in [-0.15, -0.1) is 0 Å². The summed E-state index contributed by atoms with van der Waals surface area (Å²) in [7, 11) is 0. The van der Waals surface area contributed by atoms with E-state index in [0.717, 1.165) is 24.2 Å². The van der Waals surface area contributed by atoms with Gasteiger partial charge < -0.3 is 9.47 Å². The minimum absolute atomic E-state index is 0.210. The molecular weight excluding hydrogens is 463 g/mol. The average molecular weight is 495 g/mol. The fraction of sp³-hybridized carbons (Fsp3) is 0.312. The van der Waals surface area contributed by atoms with Gasteiger partial charge in [0, 0.05) is 29.5 Å². The minimum Gasteiger partial charge on any atom is -0.461 e. The van der Waals surface area contributed by atoms with Crippen LogP contribution in [0.25, 0.3) is 21.9 Å². The molecule has 3 aromatic rings. The predicted molar refractivity (Wildman–Crippen MR) is 145 cm³/mol. The maximum Gasteiger partial charge on any atom is 0.142 e. The van der Waals surface area contributed by atoms with Crippen LogP contribution in [-0.4, -0.2) is 13.2 Å². The van der Waals surface area contributed by atoms with E-state index >= 15 is 4.39 Å². The molecule has 0 amide bonds. The first-order valence-corrected chi connectivity index (χ1v) is 12.6. The zero-order chi connectivity index (χ0) is 26.6. The van der Waals surface area contributed by atoms with Crippen LogP contribution in [0.2, 0.25) is 0 Å². The zero-order valence-corrected chi connectivity index (χ0v) is 21.8. The van der Waals surface area contributed by atoms with Crippen LogP contribution < -0.4 is 4.74 Å². The van der Waals surface area contributed by atoms with E-state index in [2.05, 4.69) is 18.2 Å². The Morgan fingerprint density at radius 3 is 2.35 bits per heavy atom. The van der Waals surface area contributed by atoms with Gasteiger partial charge in [-0.25, -0.2) is 4.39 Å². The highest BCUT2D eigenvalue weighted by atomic mass is 19.1. The molecule has 0 fully saturated rings. The quantitative estimate of drug-likeness (QED) is 0.311. The number of rotatable bonds is 7. The van der Waals surface area contributed by atoms with Gasteiger partial charge in [-0.1, -0.05) is 62.8 Å². The molecule has 0 radical (unpaired) electrons. The molecule has 0 bridgehead atoms. The summed E-state index contributed by atoms with van der Waals surface area (Å²) in [6.45, 7) is 9.21. The summed E-state index contributed by atoms with van der Waals surface area (Å²) >= 11 is 0. The van der Waals surface area contributed by atoms with Gasteiger partial charge >= 0.3 is 0 Å². The monoisotopic (exact) mass is 494 g/mol. The van der Waals surface area contributed by atoms with Crippen molar-refractivity contribution in [2.24, 2.45) is 0 Å². The van der Waals surface area contributed by atoms with Gasteiger partial charge in [0.05, 0.1) is 17.7 Å². The highest BCUT2D eigenvalue weighted by Crippen LogP contribution is 2.46. The first kappa shape index (κ1) is 26.1. The van der Waals surface area contributed by atoms with Gasteiger partial charge in [-0.2, -0.15) is 10.5 Å². The van der Waals surface area contributed by atoms with Crippen molar-refractivity contribution in [2.45, 2.75) is 52.4 Å². The van der Waals surface area contributed by atoms with E-state index in [4.69, 9.17) is 9.47 Å². The minimum atomic E-state index is -0.573. The molecule has 37 heavy (non-hydrogen) atoms. The summed E-state index contributed by atoms with van der Waals surface area (Å²) in [4.78, 5) is 0. The van der Waals surface area contributed by atoms with E-state index in [0.29, 0.717) is 47.3 Å². The van der Waals surface area contributed by atoms with Gasteiger partial charge in [0.15, 0.2) is 0 Å². The number of hydrogen-bond donors (Lipinski definition) is 0. The van der Waals surface area contributed by atoms with Crippen molar-refractivity contribution in [1.29, 1.82) is 10.5 Å². The van der Waals surface area contributed by atoms with Crippen molar-refractivity contribution in [2.75, 3.05) is 13.2 Å². The molecule has 0 saturated carbocycles. The third-order valence-electron chi connectivity index (χ3n) is 6.58. The molecule has 0 N–H and O–H groups in total. The van der Waals surface area contributed by atoms with Gasteiger partial charge in [-0.05, 0) is 54.3 Å². The van der Waals surface area contributed by atoms with Crippen LogP contribution in [0.4, 0.5) is 4.39 Å². The van der Waals surface area contributed by atoms with Crippen molar-refractivity contribution in [3.63, 3.8) is 0 Å². The lowest BCUT2D eigenvalue weighted by atomic mass is 9.81. The maximum atomic E-state index is 15.7. The summed E-state index contributed by atoms with van der Waals surface area (Å²) in [5, 5.41) is 21.1. The zero-order valence-electron chi connectivity index (χ0n) is 21.8. The van der Waals surface area contributed by atoms with Crippen LogP contribution in [0.5, 0.6) is 5.75 Å². The highest BCUT2D eigenvalue weighted by Gasteiger charge is 2.30. The standard InChI is InChI=1S/C32H31FN2O2/c1-5-36-16-15-21-11-13-25(14-12-21)37-31-29-23(18-27(33)30(31)32(2,3)4)17-24(19-34)26(20-35)28(29)22-9-7-6-8-10-22/h6-11,13,17-18H,5,12,14-16H2,1-4H3. The second-order valence-corrected chi connectivity index (χ2v) is 10.2. The van der Waals surface area contributed by atoms with Crippen LogP contribution in [0.15, 0.2) is 65.9 Å².